The molecular formula is C12H13NO2. The van der Waals surface area contributed by atoms with Crippen LogP contribution in [0.4, 0.5) is 0 Å². The lowest BCUT2D eigenvalue weighted by Gasteiger charge is -1.96. The van der Waals surface area contributed by atoms with E-state index in [1.807, 2.05) is 12.1 Å². The van der Waals surface area contributed by atoms with Crippen LogP contribution in [-0.4, -0.2) is 11.1 Å². The summed E-state index contributed by atoms with van der Waals surface area (Å²) in [5, 5.41) is 13.7. The van der Waals surface area contributed by atoms with Gasteiger partial charge < -0.3 is 14.8 Å². The van der Waals surface area contributed by atoms with E-state index in [4.69, 9.17) is 4.42 Å². The Morgan fingerprint density at radius 3 is 3.00 bits per heavy atom. The maximum Gasteiger partial charge on any atom is 0.138 e. The lowest BCUT2D eigenvalue weighted by molar-refractivity contribution is 0.472. The van der Waals surface area contributed by atoms with Crippen molar-refractivity contribution in [3.05, 3.63) is 30.0 Å². The molecule has 1 saturated carbocycles. The van der Waals surface area contributed by atoms with Gasteiger partial charge in [-0.05, 0) is 31.0 Å². The molecule has 0 unspecified atom stereocenters. The zero-order valence-electron chi connectivity index (χ0n) is 8.36. The van der Waals surface area contributed by atoms with Gasteiger partial charge in [0.15, 0.2) is 0 Å². The van der Waals surface area contributed by atoms with Crippen LogP contribution >= 0.6 is 0 Å². The van der Waals surface area contributed by atoms with Gasteiger partial charge in [-0.15, -0.1) is 0 Å². The summed E-state index contributed by atoms with van der Waals surface area (Å²) < 4.78 is 5.60. The van der Waals surface area contributed by atoms with E-state index in [1.54, 1.807) is 12.1 Å². The Labute approximate surface area is 87.7 Å². The highest BCUT2D eigenvalue weighted by molar-refractivity contribution is 5.79. The van der Waals surface area contributed by atoms with Gasteiger partial charge in [-0.2, -0.15) is 0 Å². The average molecular weight is 203 g/mol. The molecule has 78 valence electrons. The molecule has 0 radical (unpaired) electrons. The molecule has 3 nitrogen and oxygen atoms in total. The van der Waals surface area contributed by atoms with Gasteiger partial charge in [0.1, 0.15) is 17.1 Å². The van der Waals surface area contributed by atoms with Crippen molar-refractivity contribution in [1.82, 2.24) is 5.32 Å². The van der Waals surface area contributed by atoms with Gasteiger partial charge in [0.05, 0.1) is 6.54 Å². The molecule has 2 aromatic rings. The number of aromatic hydroxyl groups is 1. The number of hydrogen-bond donors (Lipinski definition) is 2. The monoisotopic (exact) mass is 203 g/mol. The molecule has 0 amide bonds. The highest BCUT2D eigenvalue weighted by Gasteiger charge is 2.20. The molecule has 0 atom stereocenters. The van der Waals surface area contributed by atoms with Gasteiger partial charge in [-0.25, -0.2) is 0 Å². The topological polar surface area (TPSA) is 45.4 Å². The third kappa shape index (κ3) is 1.83. The Balaban J connectivity index is 1.84. The molecule has 15 heavy (non-hydrogen) atoms. The third-order valence-corrected chi connectivity index (χ3v) is 2.70. The SMILES string of the molecule is Oc1ccc2cc(CNC3CC3)oc2c1. The second-order valence-electron chi connectivity index (χ2n) is 4.09. The predicted molar refractivity (Wildman–Crippen MR) is 57.7 cm³/mol. The number of phenolic OH excluding ortho intramolecular Hbond substituents is 1. The minimum atomic E-state index is 0.249. The van der Waals surface area contributed by atoms with E-state index in [9.17, 15) is 5.11 Å². The van der Waals surface area contributed by atoms with Gasteiger partial charge in [-0.3, -0.25) is 0 Å². The van der Waals surface area contributed by atoms with E-state index in [1.165, 1.54) is 12.8 Å². The minimum Gasteiger partial charge on any atom is -0.508 e. The molecule has 1 heterocycles. The number of rotatable bonds is 3. The molecule has 1 aliphatic rings. The number of hydrogen-bond acceptors (Lipinski definition) is 3. The molecule has 2 N–H and O–H groups in total. The molecule has 0 aliphatic heterocycles. The number of fused-ring (bicyclic) bond motifs is 1. The van der Waals surface area contributed by atoms with Crippen LogP contribution in [-0.2, 0) is 6.54 Å². The van der Waals surface area contributed by atoms with Crippen LogP contribution < -0.4 is 5.32 Å². The fraction of sp³-hybridized carbons (Fsp3) is 0.333. The van der Waals surface area contributed by atoms with E-state index in [2.05, 4.69) is 5.32 Å². The van der Waals surface area contributed by atoms with Crippen LogP contribution in [0.1, 0.15) is 18.6 Å². The summed E-state index contributed by atoms with van der Waals surface area (Å²) in [6.07, 6.45) is 2.56. The fourth-order valence-corrected chi connectivity index (χ4v) is 1.69. The number of benzene rings is 1. The Kier molecular flexibility index (Phi) is 1.92. The summed E-state index contributed by atoms with van der Waals surface area (Å²) in [6.45, 7) is 0.778. The third-order valence-electron chi connectivity index (χ3n) is 2.70. The van der Waals surface area contributed by atoms with Crippen molar-refractivity contribution in [2.24, 2.45) is 0 Å². The van der Waals surface area contributed by atoms with Crippen molar-refractivity contribution in [2.45, 2.75) is 25.4 Å². The molecule has 3 rings (SSSR count). The normalized spacial score (nSPS) is 16.0. The van der Waals surface area contributed by atoms with E-state index in [-0.39, 0.29) is 5.75 Å². The number of phenols is 1. The Morgan fingerprint density at radius 1 is 1.33 bits per heavy atom. The fourth-order valence-electron chi connectivity index (χ4n) is 1.69. The maximum atomic E-state index is 9.29. The molecule has 3 heteroatoms. The maximum absolute atomic E-state index is 9.29. The van der Waals surface area contributed by atoms with Crippen LogP contribution in [0, 0.1) is 0 Å². The Bertz CT molecular complexity index is 485. The molecular weight excluding hydrogens is 190 g/mol. The van der Waals surface area contributed by atoms with E-state index in [0.717, 1.165) is 23.3 Å². The van der Waals surface area contributed by atoms with Crippen molar-refractivity contribution in [1.29, 1.82) is 0 Å². The summed E-state index contributed by atoms with van der Waals surface area (Å²) in [5.41, 5.74) is 0.752. The zero-order valence-corrected chi connectivity index (χ0v) is 8.36. The zero-order chi connectivity index (χ0) is 10.3. The van der Waals surface area contributed by atoms with Crippen molar-refractivity contribution in [3.8, 4) is 5.75 Å². The van der Waals surface area contributed by atoms with Crippen LogP contribution in [0.3, 0.4) is 0 Å². The second-order valence-corrected chi connectivity index (χ2v) is 4.09. The largest absolute Gasteiger partial charge is 0.508 e. The lowest BCUT2D eigenvalue weighted by atomic mass is 10.2. The summed E-state index contributed by atoms with van der Waals surface area (Å²) >= 11 is 0. The van der Waals surface area contributed by atoms with Crippen molar-refractivity contribution in [3.63, 3.8) is 0 Å². The van der Waals surface area contributed by atoms with Gasteiger partial charge in [0.25, 0.3) is 0 Å². The molecule has 0 spiro atoms. The molecule has 0 saturated heterocycles. The van der Waals surface area contributed by atoms with E-state index < -0.39 is 0 Å². The van der Waals surface area contributed by atoms with Crippen LogP contribution in [0.15, 0.2) is 28.7 Å². The Morgan fingerprint density at radius 2 is 2.20 bits per heavy atom. The van der Waals surface area contributed by atoms with Crippen LogP contribution in [0.25, 0.3) is 11.0 Å². The van der Waals surface area contributed by atoms with Crippen LogP contribution in [0.2, 0.25) is 0 Å². The quantitative estimate of drug-likeness (QED) is 0.805. The summed E-state index contributed by atoms with van der Waals surface area (Å²) in [7, 11) is 0. The summed E-state index contributed by atoms with van der Waals surface area (Å²) in [4.78, 5) is 0. The first-order valence-corrected chi connectivity index (χ1v) is 5.26. The Hall–Kier alpha value is -1.48. The predicted octanol–water partition coefficient (Wildman–Crippen LogP) is 2.39. The molecule has 1 fully saturated rings. The first-order chi connectivity index (χ1) is 7.31. The first kappa shape index (κ1) is 8.80. The lowest BCUT2D eigenvalue weighted by Crippen LogP contribution is -2.14. The van der Waals surface area contributed by atoms with Crippen molar-refractivity contribution < 1.29 is 9.52 Å². The molecule has 1 aromatic carbocycles. The summed E-state index contributed by atoms with van der Waals surface area (Å²) in [5.74, 6) is 1.18. The van der Waals surface area contributed by atoms with E-state index in [0.29, 0.717) is 6.04 Å². The van der Waals surface area contributed by atoms with Crippen molar-refractivity contribution >= 4 is 11.0 Å². The first-order valence-electron chi connectivity index (χ1n) is 5.26. The van der Waals surface area contributed by atoms with Gasteiger partial charge in [-0.1, -0.05) is 0 Å². The standard InChI is InChI=1S/C12H13NO2/c14-10-4-1-8-5-11(15-12(8)6-10)7-13-9-2-3-9/h1,4-6,9,13-14H,2-3,7H2. The van der Waals surface area contributed by atoms with Gasteiger partial charge in [0, 0.05) is 17.5 Å². The van der Waals surface area contributed by atoms with Gasteiger partial charge >= 0.3 is 0 Å². The molecule has 1 aromatic heterocycles. The minimum absolute atomic E-state index is 0.249. The second kappa shape index (κ2) is 3.28. The van der Waals surface area contributed by atoms with Crippen LogP contribution in [0.5, 0.6) is 5.75 Å². The average Bonchev–Trinajstić information content (AvgIpc) is 2.95. The smallest absolute Gasteiger partial charge is 0.138 e. The highest BCUT2D eigenvalue weighted by Crippen LogP contribution is 2.24. The highest BCUT2D eigenvalue weighted by atomic mass is 16.3. The summed E-state index contributed by atoms with van der Waals surface area (Å²) in [6, 6.07) is 7.90. The molecule has 0 bridgehead atoms. The number of furan rings is 1. The molecule has 1 aliphatic carbocycles. The van der Waals surface area contributed by atoms with Crippen molar-refractivity contribution in [2.75, 3.05) is 0 Å². The van der Waals surface area contributed by atoms with E-state index >= 15 is 0 Å². The van der Waals surface area contributed by atoms with Gasteiger partial charge in [0.2, 0.25) is 0 Å². The number of nitrogens with one attached hydrogen (secondary N) is 1.